The highest BCUT2D eigenvalue weighted by atomic mass is 35.5. The normalized spacial score (nSPS) is 10.0. The second-order valence-corrected chi connectivity index (χ2v) is 2.33. The van der Waals surface area contributed by atoms with Gasteiger partial charge in [0.05, 0.1) is 0 Å². The number of hydrogen-bond donors (Lipinski definition) is 0. The molecule has 0 nitrogen and oxygen atoms in total. The quantitative estimate of drug-likeness (QED) is 0.302. The molecule has 0 aliphatic rings. The lowest BCUT2D eigenvalue weighted by Crippen LogP contribution is -1.94. The fraction of sp³-hybridized carbons (Fsp3) is 1.00. The summed E-state index contributed by atoms with van der Waals surface area (Å²) in [5.74, 6) is 0.0985. The van der Waals surface area contributed by atoms with Crippen LogP contribution >= 0.6 is 11.6 Å². The van der Waals surface area contributed by atoms with Crippen LogP contribution in [0.4, 0.5) is 8.22 Å². The maximum Gasteiger partial charge on any atom is 0.478 e. The van der Waals surface area contributed by atoms with E-state index >= 15 is 0 Å². The molecule has 0 aliphatic heterocycles. The summed E-state index contributed by atoms with van der Waals surface area (Å²) in [4.78, 5) is 0. The van der Waals surface area contributed by atoms with Gasteiger partial charge in [-0.15, -0.1) is 11.6 Å². The molecule has 0 aliphatic carbocycles. The molecule has 0 spiro atoms. The van der Waals surface area contributed by atoms with Crippen LogP contribution in [-0.4, -0.2) is 15.3 Å². The van der Waals surface area contributed by atoms with E-state index < -0.39 is 9.46 Å². The molecule has 0 aromatic heterocycles. The minimum atomic E-state index is -3.02. The highest BCUT2D eigenvalue weighted by Gasteiger charge is 2.05. The second-order valence-electron chi connectivity index (χ2n) is 0.778. The monoisotopic (exact) mass is 129 g/mol. The first-order valence-corrected chi connectivity index (χ1v) is 3.50. The van der Waals surface area contributed by atoms with E-state index in [0.717, 1.165) is 0 Å². The summed E-state index contributed by atoms with van der Waals surface area (Å²) >= 11 is 4.94. The van der Waals surface area contributed by atoms with E-state index in [0.29, 0.717) is 0 Å². The molecule has 0 bridgehead atoms. The SMILES string of the molecule is F[Si](F)CCCl. The van der Waals surface area contributed by atoms with Crippen molar-refractivity contribution in [2.24, 2.45) is 0 Å². The van der Waals surface area contributed by atoms with Crippen LogP contribution in [0.15, 0.2) is 0 Å². The molecule has 0 aromatic carbocycles. The summed E-state index contributed by atoms with van der Waals surface area (Å²) in [5, 5.41) is 0. The Bertz CT molecular complexity index is 32.7. The van der Waals surface area contributed by atoms with E-state index in [-0.39, 0.29) is 11.9 Å². The predicted octanol–water partition coefficient (Wildman–Crippen LogP) is 1.65. The van der Waals surface area contributed by atoms with Gasteiger partial charge in [-0.25, -0.2) is 0 Å². The van der Waals surface area contributed by atoms with Crippen molar-refractivity contribution >= 4 is 21.1 Å². The second kappa shape index (κ2) is 3.55. The molecule has 0 saturated carbocycles. The van der Waals surface area contributed by atoms with Crippen LogP contribution in [-0.2, 0) is 0 Å². The van der Waals surface area contributed by atoms with Gasteiger partial charge in [0.1, 0.15) is 0 Å². The Morgan fingerprint density at radius 3 is 2.00 bits per heavy atom. The summed E-state index contributed by atoms with van der Waals surface area (Å²) in [6.07, 6.45) is 0. The number of halogens is 3. The smallest absolute Gasteiger partial charge is 0.268 e. The molecular weight excluding hydrogens is 126 g/mol. The van der Waals surface area contributed by atoms with Crippen molar-refractivity contribution < 1.29 is 8.22 Å². The zero-order valence-electron chi connectivity index (χ0n) is 3.05. The lowest BCUT2D eigenvalue weighted by Gasteiger charge is -1.81. The van der Waals surface area contributed by atoms with Crippen molar-refractivity contribution in [3.05, 3.63) is 0 Å². The number of alkyl halides is 1. The lowest BCUT2D eigenvalue weighted by atomic mass is 11.0. The Labute approximate surface area is 42.1 Å². The van der Waals surface area contributed by atoms with Crippen LogP contribution in [0.2, 0.25) is 6.04 Å². The van der Waals surface area contributed by atoms with Gasteiger partial charge in [-0.2, -0.15) is 0 Å². The zero-order valence-corrected chi connectivity index (χ0v) is 4.80. The molecule has 0 saturated heterocycles. The van der Waals surface area contributed by atoms with E-state index in [1.807, 2.05) is 0 Å². The first-order chi connectivity index (χ1) is 2.77. The third-order valence-electron chi connectivity index (χ3n) is 0.283. The zero-order chi connectivity index (χ0) is 4.99. The van der Waals surface area contributed by atoms with Gasteiger partial charge in [0, 0.05) is 11.9 Å². The Morgan fingerprint density at radius 2 is 2.00 bits per heavy atom. The molecule has 0 N–H and O–H groups in total. The molecule has 37 valence electrons. The minimum absolute atomic E-state index is 0.0910. The minimum Gasteiger partial charge on any atom is -0.268 e. The van der Waals surface area contributed by atoms with Crippen molar-refractivity contribution in [3.8, 4) is 0 Å². The van der Waals surface area contributed by atoms with Gasteiger partial charge in [0.2, 0.25) is 0 Å². The Morgan fingerprint density at radius 1 is 1.50 bits per heavy atom. The molecule has 0 heterocycles. The molecule has 1 radical (unpaired) electrons. The van der Waals surface area contributed by atoms with Gasteiger partial charge in [0.15, 0.2) is 0 Å². The van der Waals surface area contributed by atoms with E-state index in [4.69, 9.17) is 11.6 Å². The fourth-order valence-electron chi connectivity index (χ4n) is 0.0714. The van der Waals surface area contributed by atoms with Crippen molar-refractivity contribution in [1.82, 2.24) is 0 Å². The summed E-state index contributed by atoms with van der Waals surface area (Å²) in [7, 11) is -3.02. The lowest BCUT2D eigenvalue weighted by molar-refractivity contribution is 0.658. The van der Waals surface area contributed by atoms with Gasteiger partial charge in [-0.1, -0.05) is 0 Å². The van der Waals surface area contributed by atoms with Gasteiger partial charge >= 0.3 is 9.46 Å². The average molecular weight is 130 g/mol. The molecule has 0 rings (SSSR count). The predicted molar refractivity (Wildman–Crippen MR) is 23.5 cm³/mol. The molecule has 0 aromatic rings. The Hall–Kier alpha value is 0.367. The molecule has 0 amide bonds. The highest BCUT2D eigenvalue weighted by molar-refractivity contribution is 6.44. The van der Waals surface area contributed by atoms with Crippen molar-refractivity contribution in [2.45, 2.75) is 6.04 Å². The molecule has 6 heavy (non-hydrogen) atoms. The number of rotatable bonds is 2. The van der Waals surface area contributed by atoms with Crippen LogP contribution in [0.1, 0.15) is 0 Å². The summed E-state index contributed by atoms with van der Waals surface area (Å²) in [5.41, 5.74) is 0. The van der Waals surface area contributed by atoms with Crippen LogP contribution < -0.4 is 0 Å². The van der Waals surface area contributed by atoms with Crippen molar-refractivity contribution in [1.29, 1.82) is 0 Å². The summed E-state index contributed by atoms with van der Waals surface area (Å²) in [6, 6.07) is -0.0910. The third-order valence-corrected chi connectivity index (χ3v) is 1.42. The average Bonchev–Trinajstić information content (AvgIpc) is 1.35. The van der Waals surface area contributed by atoms with E-state index in [9.17, 15) is 8.22 Å². The topological polar surface area (TPSA) is 0 Å². The van der Waals surface area contributed by atoms with Crippen LogP contribution in [0.5, 0.6) is 0 Å². The molecule has 4 heteroatoms. The van der Waals surface area contributed by atoms with E-state index in [1.54, 1.807) is 0 Å². The molecule has 0 atom stereocenters. The Balaban J connectivity index is 2.63. The number of hydrogen-bond acceptors (Lipinski definition) is 0. The highest BCUT2D eigenvalue weighted by Crippen LogP contribution is 1.95. The van der Waals surface area contributed by atoms with E-state index in [1.165, 1.54) is 0 Å². The fourth-order valence-corrected chi connectivity index (χ4v) is 0.643. The van der Waals surface area contributed by atoms with Crippen molar-refractivity contribution in [3.63, 3.8) is 0 Å². The largest absolute Gasteiger partial charge is 0.478 e. The molecule has 0 fully saturated rings. The summed E-state index contributed by atoms with van der Waals surface area (Å²) in [6.45, 7) is 0. The third kappa shape index (κ3) is 4.37. The summed E-state index contributed by atoms with van der Waals surface area (Å²) < 4.78 is 22.1. The van der Waals surface area contributed by atoms with Crippen LogP contribution in [0.3, 0.4) is 0 Å². The van der Waals surface area contributed by atoms with Gasteiger partial charge in [-0.3, -0.25) is 8.22 Å². The molecule has 0 unspecified atom stereocenters. The van der Waals surface area contributed by atoms with Crippen molar-refractivity contribution in [2.75, 3.05) is 5.88 Å². The van der Waals surface area contributed by atoms with Crippen LogP contribution in [0, 0.1) is 0 Å². The standard InChI is InChI=1S/C2H4ClF2Si/c3-1-2-6(4)5/h1-2H2. The first kappa shape index (κ1) is 6.37. The first-order valence-electron chi connectivity index (χ1n) is 1.50. The maximum absolute atomic E-state index is 11.1. The van der Waals surface area contributed by atoms with E-state index in [2.05, 4.69) is 0 Å². The Kier molecular flexibility index (Phi) is 3.77. The van der Waals surface area contributed by atoms with Crippen LogP contribution in [0.25, 0.3) is 0 Å². The maximum atomic E-state index is 11.1. The van der Waals surface area contributed by atoms with Gasteiger partial charge < -0.3 is 0 Å². The van der Waals surface area contributed by atoms with Gasteiger partial charge in [0.25, 0.3) is 0 Å². The van der Waals surface area contributed by atoms with Gasteiger partial charge in [-0.05, 0) is 0 Å². The molecular formula is C2H4ClF2Si.